The number of hydrogen-bond acceptors (Lipinski definition) is 6. The first-order chi connectivity index (χ1) is 9.93. The first-order valence-corrected chi connectivity index (χ1v) is 7.35. The van der Waals surface area contributed by atoms with E-state index < -0.39 is 10.6 Å². The third-order valence-electron chi connectivity index (χ3n) is 2.45. The van der Waals surface area contributed by atoms with Gasteiger partial charge in [0.15, 0.2) is 0 Å². The Morgan fingerprint density at radius 1 is 1.33 bits per heavy atom. The average Bonchev–Trinajstić information content (AvgIpc) is 2.41. The van der Waals surface area contributed by atoms with Gasteiger partial charge in [-0.05, 0) is 37.9 Å². The summed E-state index contributed by atoms with van der Waals surface area (Å²) in [6, 6.07) is 3.41. The molecule has 0 unspecified atom stereocenters. The SMILES string of the molecule is COc1cc(Nc2ncnc(Cl)c2[N+](=O)[O-])c(Br)cc1Br. The smallest absolute Gasteiger partial charge is 0.348 e. The van der Waals surface area contributed by atoms with Crippen molar-refractivity contribution in [3.8, 4) is 5.75 Å². The third-order valence-corrected chi connectivity index (χ3v) is 4.01. The van der Waals surface area contributed by atoms with Crippen LogP contribution in [0.4, 0.5) is 17.2 Å². The second-order valence-electron chi connectivity index (χ2n) is 3.71. The Morgan fingerprint density at radius 3 is 2.67 bits per heavy atom. The molecule has 2 rings (SSSR count). The fraction of sp³-hybridized carbons (Fsp3) is 0.0909. The molecule has 0 fully saturated rings. The van der Waals surface area contributed by atoms with Gasteiger partial charge in [0.2, 0.25) is 11.0 Å². The molecule has 1 aromatic heterocycles. The maximum atomic E-state index is 11.1. The number of hydrogen-bond donors (Lipinski definition) is 1. The largest absolute Gasteiger partial charge is 0.495 e. The number of nitrogens with zero attached hydrogens (tertiary/aromatic N) is 3. The Labute approximate surface area is 141 Å². The summed E-state index contributed by atoms with van der Waals surface area (Å²) >= 11 is 12.4. The van der Waals surface area contributed by atoms with E-state index in [9.17, 15) is 10.1 Å². The molecule has 0 aliphatic heterocycles. The van der Waals surface area contributed by atoms with Crippen LogP contribution in [0.5, 0.6) is 5.75 Å². The molecule has 1 aromatic carbocycles. The minimum Gasteiger partial charge on any atom is -0.495 e. The predicted octanol–water partition coefficient (Wildman–Crippen LogP) is 4.32. The fourth-order valence-corrected chi connectivity index (χ4v) is 2.98. The summed E-state index contributed by atoms with van der Waals surface area (Å²) in [7, 11) is 1.52. The van der Waals surface area contributed by atoms with Crippen LogP contribution in [0, 0.1) is 10.1 Å². The number of nitro groups is 1. The van der Waals surface area contributed by atoms with E-state index in [0.717, 1.165) is 10.8 Å². The van der Waals surface area contributed by atoms with Gasteiger partial charge in [0.05, 0.1) is 22.2 Å². The van der Waals surface area contributed by atoms with E-state index in [2.05, 4.69) is 47.1 Å². The molecule has 0 aliphatic carbocycles. The van der Waals surface area contributed by atoms with E-state index in [1.54, 1.807) is 12.1 Å². The molecule has 0 aliphatic rings. The predicted molar refractivity (Wildman–Crippen MR) is 85.4 cm³/mol. The van der Waals surface area contributed by atoms with E-state index in [-0.39, 0.29) is 11.0 Å². The summed E-state index contributed by atoms with van der Waals surface area (Å²) in [6.07, 6.45) is 1.14. The van der Waals surface area contributed by atoms with Gasteiger partial charge < -0.3 is 10.1 Å². The van der Waals surface area contributed by atoms with Gasteiger partial charge in [-0.25, -0.2) is 9.97 Å². The number of anilines is 2. The summed E-state index contributed by atoms with van der Waals surface area (Å²) in [5, 5.41) is 13.7. The lowest BCUT2D eigenvalue weighted by atomic mass is 10.3. The van der Waals surface area contributed by atoms with Crippen LogP contribution in [0.25, 0.3) is 0 Å². The van der Waals surface area contributed by atoms with Crippen molar-refractivity contribution >= 4 is 60.7 Å². The van der Waals surface area contributed by atoms with Crippen LogP contribution in [0.2, 0.25) is 5.15 Å². The number of aromatic nitrogens is 2. The number of ether oxygens (including phenoxy) is 1. The van der Waals surface area contributed by atoms with Crippen LogP contribution < -0.4 is 10.1 Å². The summed E-state index contributed by atoms with van der Waals surface area (Å²) in [5.41, 5.74) is 0.140. The Bertz CT molecular complexity index is 714. The lowest BCUT2D eigenvalue weighted by Gasteiger charge is -2.11. The molecule has 7 nitrogen and oxygen atoms in total. The Hall–Kier alpha value is -1.45. The van der Waals surface area contributed by atoms with Crippen LogP contribution in [-0.4, -0.2) is 22.0 Å². The van der Waals surface area contributed by atoms with E-state index in [0.29, 0.717) is 15.9 Å². The van der Waals surface area contributed by atoms with Crippen LogP contribution in [0.1, 0.15) is 0 Å². The van der Waals surface area contributed by atoms with Crippen molar-refractivity contribution in [2.45, 2.75) is 0 Å². The highest BCUT2D eigenvalue weighted by atomic mass is 79.9. The molecule has 110 valence electrons. The maximum absolute atomic E-state index is 11.1. The zero-order valence-corrected chi connectivity index (χ0v) is 14.4. The minimum absolute atomic E-state index is 0.00919. The third kappa shape index (κ3) is 3.42. The molecule has 0 saturated heterocycles. The molecule has 21 heavy (non-hydrogen) atoms. The molecule has 2 aromatic rings. The van der Waals surface area contributed by atoms with Crippen molar-refractivity contribution in [2.75, 3.05) is 12.4 Å². The Balaban J connectivity index is 2.48. The molecular weight excluding hydrogens is 431 g/mol. The van der Waals surface area contributed by atoms with Gasteiger partial charge in [0.25, 0.3) is 0 Å². The first kappa shape index (κ1) is 15.9. The van der Waals surface area contributed by atoms with Crippen molar-refractivity contribution in [3.63, 3.8) is 0 Å². The van der Waals surface area contributed by atoms with Crippen molar-refractivity contribution in [1.82, 2.24) is 9.97 Å². The zero-order valence-electron chi connectivity index (χ0n) is 10.4. The van der Waals surface area contributed by atoms with Gasteiger partial charge >= 0.3 is 5.69 Å². The highest BCUT2D eigenvalue weighted by molar-refractivity contribution is 9.11. The standard InChI is InChI=1S/C11H7Br2ClN4O3/c1-21-8-3-7(5(12)2-6(8)13)17-11-9(18(19)20)10(14)15-4-16-11/h2-4H,1H3,(H,15,16,17). The normalized spacial score (nSPS) is 10.3. The molecule has 0 saturated carbocycles. The molecule has 0 bridgehead atoms. The lowest BCUT2D eigenvalue weighted by Crippen LogP contribution is -2.02. The van der Waals surface area contributed by atoms with Gasteiger partial charge in [-0.1, -0.05) is 11.6 Å². The van der Waals surface area contributed by atoms with Crippen molar-refractivity contribution in [2.24, 2.45) is 0 Å². The molecule has 0 atom stereocenters. The molecule has 10 heteroatoms. The molecule has 0 spiro atoms. The van der Waals surface area contributed by atoms with Crippen LogP contribution >= 0.6 is 43.5 Å². The van der Waals surface area contributed by atoms with E-state index in [1.165, 1.54) is 7.11 Å². The van der Waals surface area contributed by atoms with Gasteiger partial charge in [-0.2, -0.15) is 0 Å². The molecule has 1 N–H and O–H groups in total. The average molecular weight is 438 g/mol. The second kappa shape index (κ2) is 6.54. The Morgan fingerprint density at radius 2 is 2.05 bits per heavy atom. The molecule has 0 amide bonds. The minimum atomic E-state index is -0.644. The number of halogens is 3. The molecule has 1 heterocycles. The summed E-state index contributed by atoms with van der Waals surface area (Å²) in [6.45, 7) is 0. The lowest BCUT2D eigenvalue weighted by molar-refractivity contribution is -0.384. The molecular formula is C11H7Br2ClN4O3. The second-order valence-corrected chi connectivity index (χ2v) is 5.78. The Kier molecular flexibility index (Phi) is 4.96. The number of nitrogens with one attached hydrogen (secondary N) is 1. The van der Waals surface area contributed by atoms with Crippen molar-refractivity contribution in [1.29, 1.82) is 0 Å². The highest BCUT2D eigenvalue weighted by Gasteiger charge is 2.22. The van der Waals surface area contributed by atoms with Crippen molar-refractivity contribution in [3.05, 3.63) is 42.7 Å². The van der Waals surface area contributed by atoms with Gasteiger partial charge in [-0.15, -0.1) is 0 Å². The summed E-state index contributed by atoms with van der Waals surface area (Å²) in [4.78, 5) is 17.9. The van der Waals surface area contributed by atoms with Crippen molar-refractivity contribution < 1.29 is 9.66 Å². The quantitative estimate of drug-likeness (QED) is 0.435. The molecule has 0 radical (unpaired) electrons. The van der Waals surface area contributed by atoms with Crippen LogP contribution in [0.15, 0.2) is 27.4 Å². The first-order valence-electron chi connectivity index (χ1n) is 5.39. The van der Waals surface area contributed by atoms with E-state index in [4.69, 9.17) is 16.3 Å². The monoisotopic (exact) mass is 436 g/mol. The summed E-state index contributed by atoms with van der Waals surface area (Å²) < 4.78 is 6.58. The van der Waals surface area contributed by atoms with Gasteiger partial charge in [0, 0.05) is 10.5 Å². The van der Waals surface area contributed by atoms with Crippen LogP contribution in [0.3, 0.4) is 0 Å². The topological polar surface area (TPSA) is 90.2 Å². The van der Waals surface area contributed by atoms with E-state index in [1.807, 2.05) is 0 Å². The number of benzene rings is 1. The number of rotatable bonds is 4. The zero-order chi connectivity index (χ0) is 15.6. The van der Waals surface area contributed by atoms with E-state index >= 15 is 0 Å². The number of methoxy groups -OCH3 is 1. The fourth-order valence-electron chi connectivity index (χ4n) is 1.52. The van der Waals surface area contributed by atoms with Gasteiger partial charge in [0.1, 0.15) is 12.1 Å². The summed E-state index contributed by atoms with van der Waals surface area (Å²) in [5.74, 6) is 0.550. The van der Waals surface area contributed by atoms with Gasteiger partial charge in [-0.3, -0.25) is 10.1 Å². The maximum Gasteiger partial charge on any atom is 0.348 e. The highest BCUT2D eigenvalue weighted by Crippen LogP contribution is 2.38. The van der Waals surface area contributed by atoms with Crippen LogP contribution in [-0.2, 0) is 0 Å².